The number of hydrogen-bond acceptors (Lipinski definition) is 7. The number of amides is 1. The number of aryl methyl sites for hydroxylation is 1. The fourth-order valence-electron chi connectivity index (χ4n) is 5.56. The van der Waals surface area contributed by atoms with Crippen molar-refractivity contribution < 1.29 is 22.7 Å². The molecule has 1 saturated heterocycles. The Morgan fingerprint density at radius 2 is 1.93 bits per heavy atom. The Morgan fingerprint density at radius 1 is 1.20 bits per heavy atom. The minimum atomic E-state index is -3.52. The molecular weight excluding hydrogens is 609 g/mol. The Labute approximate surface area is 262 Å². The predicted molar refractivity (Wildman–Crippen MR) is 167 cm³/mol. The number of pyridine rings is 2. The number of halogens is 4. The van der Waals surface area contributed by atoms with Crippen LogP contribution < -0.4 is 15.3 Å². The summed E-state index contributed by atoms with van der Waals surface area (Å²) in [6, 6.07) is 6.19. The van der Waals surface area contributed by atoms with Crippen LogP contribution in [0.25, 0.3) is 28.0 Å². The molecule has 4 aromatic rings. The van der Waals surface area contributed by atoms with Gasteiger partial charge in [-0.2, -0.15) is 13.8 Å². The molecule has 1 atom stereocenters. The van der Waals surface area contributed by atoms with E-state index in [0.29, 0.717) is 49.1 Å². The van der Waals surface area contributed by atoms with Crippen molar-refractivity contribution in [1.29, 1.82) is 0 Å². The minimum absolute atomic E-state index is 0.00447. The lowest BCUT2D eigenvalue weighted by Crippen LogP contribution is -2.54. The van der Waals surface area contributed by atoms with Crippen LogP contribution in [-0.4, -0.2) is 62.1 Å². The number of fused-ring (bicyclic) bond motifs is 1. The Hall–Kier alpha value is -4.45. The van der Waals surface area contributed by atoms with E-state index in [1.165, 1.54) is 16.7 Å². The van der Waals surface area contributed by atoms with Crippen molar-refractivity contribution in [3.8, 4) is 22.7 Å². The molecule has 9 nitrogen and oxygen atoms in total. The Morgan fingerprint density at radius 3 is 2.58 bits per heavy atom. The third-order valence-electron chi connectivity index (χ3n) is 7.60. The van der Waals surface area contributed by atoms with Crippen molar-refractivity contribution in [3.63, 3.8) is 0 Å². The van der Waals surface area contributed by atoms with Crippen LogP contribution in [0.4, 0.5) is 19.0 Å². The topological polar surface area (TPSA) is 93.5 Å². The lowest BCUT2D eigenvalue weighted by molar-refractivity contribution is -0.158. The molecule has 0 aliphatic carbocycles. The number of carbonyl (C=O) groups is 1. The number of carbonyl (C=O) groups excluding carboxylic acids is 1. The van der Waals surface area contributed by atoms with Gasteiger partial charge in [0.2, 0.25) is 5.91 Å². The average Bonchev–Trinajstić information content (AvgIpc) is 2.97. The Kier molecular flexibility index (Phi) is 8.63. The van der Waals surface area contributed by atoms with Crippen molar-refractivity contribution >= 4 is 34.4 Å². The zero-order valence-corrected chi connectivity index (χ0v) is 26.2. The molecule has 0 unspecified atom stereocenters. The molecular formula is C32H32ClF3N6O3. The van der Waals surface area contributed by atoms with Gasteiger partial charge in [-0.1, -0.05) is 32.0 Å². The standard InChI is InChI=1S/C32H32ClF3N6O3/c1-7-25(43)40-12-13-41(19(5)16-40)29-22-15-23(33)27(21-14-20(8-9-24(21)34)45-32(6,35)36)38-30(22)42(31(44)39-29)28-18(4)10-11-37-26(28)17(2)3/h7-11,14-15,17,19H,1,12-13,16H2,2-6H3/t19-/m0/s1. The van der Waals surface area contributed by atoms with Crippen LogP contribution in [0.15, 0.2) is 54.0 Å². The molecule has 0 bridgehead atoms. The number of alkyl halides is 2. The van der Waals surface area contributed by atoms with Gasteiger partial charge in [-0.15, -0.1) is 0 Å². The lowest BCUT2D eigenvalue weighted by atomic mass is 10.0. The first-order valence-electron chi connectivity index (χ1n) is 14.3. The quantitative estimate of drug-likeness (QED) is 0.220. The third kappa shape index (κ3) is 6.24. The SMILES string of the molecule is C=CC(=O)N1CCN(c2nc(=O)n(-c3c(C)ccnc3C(C)C)c3nc(-c4cc(OC(C)(F)F)ccc4F)c(Cl)cc23)[C@@H](C)C1. The van der Waals surface area contributed by atoms with Crippen LogP contribution in [0.3, 0.4) is 0 Å². The fraction of sp³-hybridized carbons (Fsp3) is 0.344. The third-order valence-corrected chi connectivity index (χ3v) is 7.89. The summed E-state index contributed by atoms with van der Waals surface area (Å²) in [5.41, 5.74) is 0.989. The Bertz CT molecular complexity index is 1870. The summed E-state index contributed by atoms with van der Waals surface area (Å²) in [6.07, 6.45) is -0.611. The van der Waals surface area contributed by atoms with Crippen LogP contribution in [-0.2, 0) is 4.79 Å². The molecule has 236 valence electrons. The number of nitrogens with zero attached hydrogens (tertiary/aromatic N) is 6. The molecule has 1 amide bonds. The molecule has 1 aliphatic rings. The molecule has 0 saturated carbocycles. The summed E-state index contributed by atoms with van der Waals surface area (Å²) in [4.78, 5) is 43.7. The van der Waals surface area contributed by atoms with Gasteiger partial charge in [0.05, 0.1) is 27.5 Å². The zero-order chi connectivity index (χ0) is 32.8. The highest BCUT2D eigenvalue weighted by Crippen LogP contribution is 2.38. The smallest absolute Gasteiger partial charge is 0.394 e. The minimum Gasteiger partial charge on any atom is -0.433 e. The molecule has 1 fully saturated rings. The molecule has 13 heteroatoms. The highest BCUT2D eigenvalue weighted by atomic mass is 35.5. The maximum atomic E-state index is 15.3. The number of hydrogen-bond donors (Lipinski definition) is 0. The predicted octanol–water partition coefficient (Wildman–Crippen LogP) is 6.28. The van der Waals surface area contributed by atoms with E-state index in [4.69, 9.17) is 16.6 Å². The van der Waals surface area contributed by atoms with E-state index in [-0.39, 0.29) is 45.5 Å². The molecule has 0 N–H and O–H groups in total. The normalized spacial score (nSPS) is 15.6. The first-order valence-corrected chi connectivity index (χ1v) is 14.7. The fourth-order valence-corrected chi connectivity index (χ4v) is 5.81. The molecule has 3 aromatic heterocycles. The van der Waals surface area contributed by atoms with Crippen molar-refractivity contribution in [3.05, 3.63) is 81.8 Å². The van der Waals surface area contributed by atoms with Gasteiger partial charge in [0.15, 0.2) is 5.65 Å². The van der Waals surface area contributed by atoms with Gasteiger partial charge in [0.1, 0.15) is 17.4 Å². The van der Waals surface area contributed by atoms with Crippen molar-refractivity contribution in [2.75, 3.05) is 24.5 Å². The molecule has 45 heavy (non-hydrogen) atoms. The first-order chi connectivity index (χ1) is 21.2. The summed E-state index contributed by atoms with van der Waals surface area (Å²) in [5, 5.41) is 0.389. The summed E-state index contributed by atoms with van der Waals surface area (Å²) in [5.74, 6) is -1.08. The summed E-state index contributed by atoms with van der Waals surface area (Å²) in [7, 11) is 0. The number of rotatable bonds is 7. The summed E-state index contributed by atoms with van der Waals surface area (Å²) in [6.45, 7) is 12.8. The van der Waals surface area contributed by atoms with Gasteiger partial charge >= 0.3 is 11.8 Å². The Balaban J connectivity index is 1.80. The van der Waals surface area contributed by atoms with Crippen molar-refractivity contribution in [2.45, 2.75) is 52.7 Å². The van der Waals surface area contributed by atoms with Crippen molar-refractivity contribution in [1.82, 2.24) is 24.4 Å². The lowest BCUT2D eigenvalue weighted by Gasteiger charge is -2.40. The second-order valence-corrected chi connectivity index (χ2v) is 11.7. The van der Waals surface area contributed by atoms with E-state index in [1.807, 2.05) is 32.6 Å². The maximum Gasteiger partial charge on any atom is 0.394 e. The van der Waals surface area contributed by atoms with Gasteiger partial charge in [0, 0.05) is 44.4 Å². The van der Waals surface area contributed by atoms with Crippen LogP contribution in [0.5, 0.6) is 5.75 Å². The van der Waals surface area contributed by atoms with E-state index in [0.717, 1.165) is 23.8 Å². The molecule has 1 aliphatic heterocycles. The van der Waals surface area contributed by atoms with E-state index < -0.39 is 17.6 Å². The van der Waals surface area contributed by atoms with Crippen LogP contribution in [0.2, 0.25) is 5.02 Å². The maximum absolute atomic E-state index is 15.3. The summed E-state index contributed by atoms with van der Waals surface area (Å²) >= 11 is 6.75. The van der Waals surface area contributed by atoms with Crippen LogP contribution >= 0.6 is 11.6 Å². The monoisotopic (exact) mass is 640 g/mol. The second-order valence-electron chi connectivity index (χ2n) is 11.3. The average molecular weight is 641 g/mol. The van der Waals surface area contributed by atoms with Gasteiger partial charge in [-0.25, -0.2) is 18.7 Å². The molecule has 5 rings (SSSR count). The number of anilines is 1. The van der Waals surface area contributed by atoms with Crippen LogP contribution in [0, 0.1) is 12.7 Å². The second kappa shape index (κ2) is 12.2. The number of piperazine rings is 1. The van der Waals surface area contributed by atoms with E-state index in [9.17, 15) is 18.4 Å². The van der Waals surface area contributed by atoms with E-state index in [1.54, 1.807) is 17.2 Å². The van der Waals surface area contributed by atoms with Gasteiger partial charge in [0.25, 0.3) is 0 Å². The van der Waals surface area contributed by atoms with Crippen LogP contribution in [0.1, 0.15) is 44.9 Å². The zero-order valence-electron chi connectivity index (χ0n) is 25.4. The van der Waals surface area contributed by atoms with E-state index >= 15 is 4.39 Å². The number of benzene rings is 1. The summed E-state index contributed by atoms with van der Waals surface area (Å²) < 4.78 is 48.6. The molecule has 0 radical (unpaired) electrons. The molecule has 4 heterocycles. The highest BCUT2D eigenvalue weighted by molar-refractivity contribution is 6.34. The van der Waals surface area contributed by atoms with Gasteiger partial charge in [-0.05, 0) is 61.7 Å². The van der Waals surface area contributed by atoms with Gasteiger partial charge < -0.3 is 14.5 Å². The highest BCUT2D eigenvalue weighted by Gasteiger charge is 2.31. The van der Waals surface area contributed by atoms with E-state index in [2.05, 4.69) is 21.3 Å². The number of aromatic nitrogens is 4. The molecule has 0 spiro atoms. The van der Waals surface area contributed by atoms with Crippen molar-refractivity contribution in [2.24, 2.45) is 0 Å². The largest absolute Gasteiger partial charge is 0.433 e. The van der Waals surface area contributed by atoms with Gasteiger partial charge in [-0.3, -0.25) is 9.78 Å². The first kappa shape index (κ1) is 32.0. The number of ether oxygens (including phenoxy) is 1. The molecule has 1 aromatic carbocycles.